The highest BCUT2D eigenvalue weighted by atomic mass is 16.5. The Kier molecular flexibility index (Phi) is 6.47. The summed E-state index contributed by atoms with van der Waals surface area (Å²) in [5.41, 5.74) is 6.34. The Balaban J connectivity index is 1.53. The van der Waals surface area contributed by atoms with Crippen LogP contribution in [-0.2, 0) is 13.2 Å². The molecular weight excluding hydrogens is 400 g/mol. The monoisotopic (exact) mass is 430 g/mol. The smallest absolute Gasteiger partial charge is 0.148 e. The summed E-state index contributed by atoms with van der Waals surface area (Å²) in [6.07, 6.45) is -0.686. The van der Waals surface area contributed by atoms with Crippen LogP contribution in [0.4, 0.5) is 0 Å². The Hall–Kier alpha value is -3.31. The van der Waals surface area contributed by atoms with E-state index in [9.17, 15) is 5.11 Å². The molecule has 4 aromatic rings. The molecular formula is C27H30N2O3. The lowest BCUT2D eigenvalue weighted by Crippen LogP contribution is -2.25. The van der Waals surface area contributed by atoms with Gasteiger partial charge in [0.05, 0.1) is 17.6 Å². The second-order valence-corrected chi connectivity index (χ2v) is 8.37. The van der Waals surface area contributed by atoms with Crippen molar-refractivity contribution in [3.05, 3.63) is 88.7 Å². The summed E-state index contributed by atoms with van der Waals surface area (Å²) in [5, 5.41) is 10.7. The molecule has 1 aromatic heterocycles. The first-order chi connectivity index (χ1) is 15.4. The summed E-state index contributed by atoms with van der Waals surface area (Å²) >= 11 is 0. The number of nitrogens with zero attached hydrogens (tertiary/aromatic N) is 2. The third-order valence-corrected chi connectivity index (χ3v) is 5.60. The number of benzene rings is 3. The number of ether oxygens (including phenoxy) is 2. The van der Waals surface area contributed by atoms with Gasteiger partial charge in [0.15, 0.2) is 0 Å². The van der Waals surface area contributed by atoms with Gasteiger partial charge in [-0.15, -0.1) is 0 Å². The van der Waals surface area contributed by atoms with Gasteiger partial charge in [0, 0.05) is 0 Å². The first-order valence-corrected chi connectivity index (χ1v) is 10.9. The molecule has 1 atom stereocenters. The first kappa shape index (κ1) is 21.9. The Morgan fingerprint density at radius 2 is 1.56 bits per heavy atom. The highest BCUT2D eigenvalue weighted by Crippen LogP contribution is 2.26. The van der Waals surface area contributed by atoms with Crippen molar-refractivity contribution in [2.75, 3.05) is 6.61 Å². The summed E-state index contributed by atoms with van der Waals surface area (Å²) < 4.78 is 14.1. The van der Waals surface area contributed by atoms with E-state index in [4.69, 9.17) is 14.5 Å². The van der Waals surface area contributed by atoms with Crippen molar-refractivity contribution in [1.29, 1.82) is 0 Å². The van der Waals surface area contributed by atoms with Gasteiger partial charge < -0.3 is 19.1 Å². The maximum atomic E-state index is 10.7. The van der Waals surface area contributed by atoms with Crippen LogP contribution in [-0.4, -0.2) is 27.4 Å². The van der Waals surface area contributed by atoms with E-state index in [0.29, 0.717) is 13.2 Å². The first-order valence-electron chi connectivity index (χ1n) is 10.9. The summed E-state index contributed by atoms with van der Waals surface area (Å²) in [6.45, 7) is 9.10. The molecule has 1 heterocycles. The molecule has 4 rings (SSSR count). The molecule has 0 aliphatic carbocycles. The third-order valence-electron chi connectivity index (χ3n) is 5.60. The number of hydrogen-bond acceptors (Lipinski definition) is 4. The van der Waals surface area contributed by atoms with Crippen LogP contribution in [0.2, 0.25) is 0 Å². The van der Waals surface area contributed by atoms with Crippen LogP contribution in [0.5, 0.6) is 11.5 Å². The van der Waals surface area contributed by atoms with Gasteiger partial charge in [0.2, 0.25) is 0 Å². The van der Waals surface area contributed by atoms with Crippen LogP contribution in [0.1, 0.15) is 28.1 Å². The average molecular weight is 431 g/mol. The van der Waals surface area contributed by atoms with E-state index in [-0.39, 0.29) is 6.61 Å². The second kappa shape index (κ2) is 9.45. The van der Waals surface area contributed by atoms with Crippen LogP contribution < -0.4 is 9.47 Å². The van der Waals surface area contributed by atoms with E-state index in [1.165, 1.54) is 5.56 Å². The fourth-order valence-corrected chi connectivity index (χ4v) is 4.14. The Morgan fingerprint density at radius 1 is 0.875 bits per heavy atom. The molecule has 32 heavy (non-hydrogen) atoms. The Bertz CT molecular complexity index is 1210. The predicted molar refractivity (Wildman–Crippen MR) is 127 cm³/mol. The van der Waals surface area contributed by atoms with Gasteiger partial charge in [-0.25, -0.2) is 4.98 Å². The highest BCUT2D eigenvalue weighted by molar-refractivity contribution is 5.75. The van der Waals surface area contributed by atoms with E-state index >= 15 is 0 Å². The molecule has 1 unspecified atom stereocenters. The number of aliphatic hydroxyl groups excluding tert-OH is 1. The minimum atomic E-state index is -0.686. The molecule has 0 bridgehead atoms. The molecule has 1 N–H and O–H groups in total. The van der Waals surface area contributed by atoms with Crippen molar-refractivity contribution in [3.63, 3.8) is 0 Å². The van der Waals surface area contributed by atoms with Gasteiger partial charge >= 0.3 is 0 Å². The van der Waals surface area contributed by atoms with Gasteiger partial charge in [0.25, 0.3) is 0 Å². The molecule has 0 radical (unpaired) electrons. The maximum Gasteiger partial charge on any atom is 0.148 e. The topological polar surface area (TPSA) is 56.5 Å². The molecule has 5 nitrogen and oxygen atoms in total. The van der Waals surface area contributed by atoms with Crippen LogP contribution >= 0.6 is 0 Å². The van der Waals surface area contributed by atoms with Crippen molar-refractivity contribution >= 4 is 11.0 Å². The van der Waals surface area contributed by atoms with Gasteiger partial charge in [-0.3, -0.25) is 0 Å². The fourth-order valence-electron chi connectivity index (χ4n) is 4.14. The molecule has 0 saturated heterocycles. The molecule has 0 aliphatic heterocycles. The maximum absolute atomic E-state index is 10.7. The van der Waals surface area contributed by atoms with E-state index < -0.39 is 6.10 Å². The largest absolute Gasteiger partial charge is 0.491 e. The highest BCUT2D eigenvalue weighted by Gasteiger charge is 2.16. The summed E-state index contributed by atoms with van der Waals surface area (Å²) in [5.74, 6) is 2.45. The van der Waals surface area contributed by atoms with Gasteiger partial charge in [-0.2, -0.15) is 0 Å². The number of imidazole rings is 1. The molecule has 0 saturated carbocycles. The molecule has 0 fully saturated rings. The van der Waals surface area contributed by atoms with Gasteiger partial charge in [0.1, 0.15) is 36.6 Å². The van der Waals surface area contributed by atoms with Crippen LogP contribution in [0.3, 0.4) is 0 Å². The normalized spacial score (nSPS) is 12.2. The lowest BCUT2D eigenvalue weighted by molar-refractivity contribution is 0.0914. The van der Waals surface area contributed by atoms with E-state index in [1.54, 1.807) is 0 Å². The zero-order valence-corrected chi connectivity index (χ0v) is 19.1. The lowest BCUT2D eigenvalue weighted by Gasteiger charge is -2.17. The number of aliphatic hydroxyl groups is 1. The summed E-state index contributed by atoms with van der Waals surface area (Å²) in [7, 11) is 0. The van der Waals surface area contributed by atoms with Crippen molar-refractivity contribution in [1.82, 2.24) is 9.55 Å². The molecule has 0 amide bonds. The van der Waals surface area contributed by atoms with Gasteiger partial charge in [-0.1, -0.05) is 48.0 Å². The minimum Gasteiger partial charge on any atom is -0.491 e. The zero-order valence-electron chi connectivity index (χ0n) is 19.1. The molecule has 0 spiro atoms. The van der Waals surface area contributed by atoms with Crippen LogP contribution in [0.25, 0.3) is 11.0 Å². The van der Waals surface area contributed by atoms with Crippen molar-refractivity contribution < 1.29 is 14.6 Å². The summed E-state index contributed by atoms with van der Waals surface area (Å²) in [4.78, 5) is 4.78. The second-order valence-electron chi connectivity index (χ2n) is 8.37. The number of fused-ring (bicyclic) bond motifs is 1. The number of aryl methyl sites for hydroxylation is 4. The number of aromatic nitrogens is 2. The summed E-state index contributed by atoms with van der Waals surface area (Å²) in [6, 6.07) is 20.0. The molecule has 166 valence electrons. The van der Waals surface area contributed by atoms with Crippen molar-refractivity contribution in [2.45, 2.75) is 47.0 Å². The quantitative estimate of drug-likeness (QED) is 0.413. The molecule has 3 aromatic carbocycles. The average Bonchev–Trinajstić information content (AvgIpc) is 3.10. The van der Waals surface area contributed by atoms with Crippen molar-refractivity contribution in [2.24, 2.45) is 0 Å². The molecule has 0 aliphatic rings. The minimum absolute atomic E-state index is 0.202. The number of rotatable bonds is 8. The number of para-hydroxylation sites is 3. The SMILES string of the molecule is Cc1cc(C)c(OCc2nc3ccccc3n2CC(O)COc2ccccc2C)c(C)c1. The molecule has 5 heteroatoms. The zero-order chi connectivity index (χ0) is 22.7. The standard InChI is InChI=1S/C27H30N2O3/c1-18-13-20(3)27(21(4)14-18)32-17-26-28-23-10-6-7-11-24(23)29(26)15-22(30)16-31-25-12-8-5-9-19(25)2/h5-14,22,30H,15-17H2,1-4H3. The van der Waals surface area contributed by atoms with E-state index in [0.717, 1.165) is 45.0 Å². The third kappa shape index (κ3) is 4.78. The number of hydrogen-bond donors (Lipinski definition) is 1. The fraction of sp³-hybridized carbons (Fsp3) is 0.296. The van der Waals surface area contributed by atoms with E-state index in [2.05, 4.69) is 32.9 Å². The Labute approximate surface area is 189 Å². The van der Waals surface area contributed by atoms with E-state index in [1.807, 2.05) is 60.0 Å². The predicted octanol–water partition coefficient (Wildman–Crippen LogP) is 5.29. The van der Waals surface area contributed by atoms with Crippen LogP contribution in [0, 0.1) is 27.7 Å². The Morgan fingerprint density at radius 3 is 2.31 bits per heavy atom. The van der Waals surface area contributed by atoms with Crippen molar-refractivity contribution in [3.8, 4) is 11.5 Å². The van der Waals surface area contributed by atoms with Gasteiger partial charge in [-0.05, 0) is 62.6 Å². The lowest BCUT2D eigenvalue weighted by atomic mass is 10.1. The van der Waals surface area contributed by atoms with Crippen LogP contribution in [0.15, 0.2) is 60.7 Å².